The molecule has 4 rings (SSSR count). The predicted octanol–water partition coefficient (Wildman–Crippen LogP) is 6.12. The molecule has 0 radical (unpaired) electrons. The second-order valence-corrected chi connectivity index (χ2v) is 8.91. The molecule has 2 aromatic heterocycles. The third-order valence-electron chi connectivity index (χ3n) is 4.04. The van der Waals surface area contributed by atoms with Crippen LogP contribution < -0.4 is 5.32 Å². The zero-order valence-electron chi connectivity index (χ0n) is 15.1. The smallest absolute Gasteiger partial charge is 0.255 e. The number of benzene rings is 2. The highest BCUT2D eigenvalue weighted by Gasteiger charge is 2.08. The van der Waals surface area contributed by atoms with Crippen LogP contribution in [0.25, 0.3) is 11.3 Å². The fourth-order valence-electron chi connectivity index (χ4n) is 2.59. The minimum absolute atomic E-state index is 0.117. The Kier molecular flexibility index (Phi) is 5.85. The van der Waals surface area contributed by atoms with Gasteiger partial charge in [0.25, 0.3) is 5.91 Å². The Morgan fingerprint density at radius 2 is 1.86 bits per heavy atom. The fourth-order valence-corrected chi connectivity index (χ4v) is 4.68. The number of nitrogens with zero attached hydrogens (tertiary/aromatic N) is 2. The highest BCUT2D eigenvalue weighted by molar-refractivity contribution is 7.98. The number of thioether (sulfide) groups is 1. The van der Waals surface area contributed by atoms with Gasteiger partial charge in [0, 0.05) is 38.2 Å². The van der Waals surface area contributed by atoms with E-state index in [2.05, 4.69) is 20.7 Å². The maximum absolute atomic E-state index is 12.5. The second kappa shape index (κ2) is 8.68. The Hall–Kier alpha value is -2.48. The average molecular weight is 424 g/mol. The molecule has 28 heavy (non-hydrogen) atoms. The number of aromatic nitrogens is 2. The first kappa shape index (κ1) is 18.9. The average Bonchev–Trinajstić information content (AvgIpc) is 3.39. The van der Waals surface area contributed by atoms with Crippen molar-refractivity contribution in [1.29, 1.82) is 0 Å². The Balaban J connectivity index is 1.36. The third kappa shape index (κ3) is 4.67. The molecule has 2 aromatic carbocycles. The van der Waals surface area contributed by atoms with Crippen LogP contribution in [-0.2, 0) is 5.75 Å². The van der Waals surface area contributed by atoms with Crippen molar-refractivity contribution in [3.05, 3.63) is 81.1 Å². The standard InChI is InChI=1S/C21H17N3OS3/c1-14-23-20(12-27-14)15-2-6-17(7-3-15)24-21(25)16-4-8-19(9-5-16)28-11-18-10-26-13-22-18/h2-10,12-13H,11H2,1H3,(H,24,25). The van der Waals surface area contributed by atoms with E-state index in [1.165, 1.54) is 0 Å². The van der Waals surface area contributed by atoms with E-state index >= 15 is 0 Å². The van der Waals surface area contributed by atoms with Gasteiger partial charge in [-0.3, -0.25) is 4.79 Å². The van der Waals surface area contributed by atoms with E-state index in [-0.39, 0.29) is 5.91 Å². The van der Waals surface area contributed by atoms with E-state index in [1.807, 2.05) is 66.3 Å². The van der Waals surface area contributed by atoms with Crippen LogP contribution in [0.4, 0.5) is 5.69 Å². The van der Waals surface area contributed by atoms with E-state index in [0.29, 0.717) is 5.56 Å². The van der Waals surface area contributed by atoms with Gasteiger partial charge < -0.3 is 5.32 Å². The molecule has 0 unspecified atom stereocenters. The molecule has 0 atom stereocenters. The first-order valence-electron chi connectivity index (χ1n) is 8.61. The van der Waals surface area contributed by atoms with Crippen molar-refractivity contribution < 1.29 is 4.79 Å². The van der Waals surface area contributed by atoms with Crippen LogP contribution in [0.2, 0.25) is 0 Å². The molecule has 4 aromatic rings. The number of rotatable bonds is 6. The van der Waals surface area contributed by atoms with Crippen LogP contribution in [0.5, 0.6) is 0 Å². The van der Waals surface area contributed by atoms with Crippen molar-refractivity contribution in [2.75, 3.05) is 5.32 Å². The SMILES string of the molecule is Cc1nc(-c2ccc(NC(=O)c3ccc(SCc4cscn4)cc3)cc2)cs1. The summed E-state index contributed by atoms with van der Waals surface area (Å²) < 4.78 is 0. The Morgan fingerprint density at radius 1 is 1.07 bits per heavy atom. The molecule has 2 heterocycles. The molecule has 0 spiro atoms. The number of carbonyl (C=O) groups excluding carboxylic acids is 1. The summed E-state index contributed by atoms with van der Waals surface area (Å²) in [5.74, 6) is 0.716. The number of anilines is 1. The molecule has 1 amide bonds. The first-order valence-corrected chi connectivity index (χ1v) is 11.4. The monoisotopic (exact) mass is 423 g/mol. The van der Waals surface area contributed by atoms with E-state index in [0.717, 1.165) is 38.3 Å². The van der Waals surface area contributed by atoms with Gasteiger partial charge in [0.2, 0.25) is 0 Å². The summed E-state index contributed by atoms with van der Waals surface area (Å²) in [6, 6.07) is 15.4. The van der Waals surface area contributed by atoms with Crippen molar-refractivity contribution in [3.8, 4) is 11.3 Å². The molecule has 4 nitrogen and oxygen atoms in total. The Morgan fingerprint density at radius 3 is 2.50 bits per heavy atom. The summed E-state index contributed by atoms with van der Waals surface area (Å²) in [7, 11) is 0. The van der Waals surface area contributed by atoms with Gasteiger partial charge in [0.1, 0.15) is 0 Å². The number of amides is 1. The van der Waals surface area contributed by atoms with Gasteiger partial charge in [-0.05, 0) is 43.3 Å². The van der Waals surface area contributed by atoms with Crippen LogP contribution in [0.3, 0.4) is 0 Å². The van der Waals surface area contributed by atoms with Gasteiger partial charge in [0.05, 0.1) is 21.9 Å². The summed E-state index contributed by atoms with van der Waals surface area (Å²) >= 11 is 4.94. The van der Waals surface area contributed by atoms with E-state index < -0.39 is 0 Å². The van der Waals surface area contributed by atoms with Gasteiger partial charge in [0.15, 0.2) is 0 Å². The predicted molar refractivity (Wildman–Crippen MR) is 118 cm³/mol. The van der Waals surface area contributed by atoms with E-state index in [9.17, 15) is 4.79 Å². The lowest BCUT2D eigenvalue weighted by atomic mass is 10.1. The number of aryl methyl sites for hydroxylation is 1. The summed E-state index contributed by atoms with van der Waals surface area (Å²) in [6.07, 6.45) is 0. The molecule has 140 valence electrons. The van der Waals surface area contributed by atoms with Crippen molar-refractivity contribution in [2.24, 2.45) is 0 Å². The maximum Gasteiger partial charge on any atom is 0.255 e. The van der Waals surface area contributed by atoms with E-state index in [4.69, 9.17) is 0 Å². The van der Waals surface area contributed by atoms with Crippen LogP contribution in [-0.4, -0.2) is 15.9 Å². The molecule has 0 bridgehead atoms. The van der Waals surface area contributed by atoms with Crippen LogP contribution in [0, 0.1) is 6.92 Å². The minimum atomic E-state index is -0.117. The van der Waals surface area contributed by atoms with Crippen LogP contribution in [0.1, 0.15) is 21.1 Å². The minimum Gasteiger partial charge on any atom is -0.322 e. The Labute approximate surface area is 175 Å². The summed E-state index contributed by atoms with van der Waals surface area (Å²) in [6.45, 7) is 1.99. The van der Waals surface area contributed by atoms with Crippen molar-refractivity contribution >= 4 is 46.0 Å². The lowest BCUT2D eigenvalue weighted by Crippen LogP contribution is -2.11. The van der Waals surface area contributed by atoms with Gasteiger partial charge in [-0.1, -0.05) is 12.1 Å². The van der Waals surface area contributed by atoms with Crippen molar-refractivity contribution in [3.63, 3.8) is 0 Å². The van der Waals surface area contributed by atoms with Crippen LogP contribution in [0.15, 0.2) is 69.7 Å². The largest absolute Gasteiger partial charge is 0.322 e. The number of nitrogens with one attached hydrogen (secondary N) is 1. The Bertz CT molecular complexity index is 1060. The first-order chi connectivity index (χ1) is 13.7. The van der Waals surface area contributed by atoms with Gasteiger partial charge in [-0.2, -0.15) is 0 Å². The highest BCUT2D eigenvalue weighted by Crippen LogP contribution is 2.25. The topological polar surface area (TPSA) is 54.9 Å². The molecule has 0 aliphatic carbocycles. The lowest BCUT2D eigenvalue weighted by molar-refractivity contribution is 0.102. The van der Waals surface area contributed by atoms with E-state index in [1.54, 1.807) is 34.4 Å². The van der Waals surface area contributed by atoms with Crippen LogP contribution >= 0.6 is 34.4 Å². The molecule has 0 aliphatic rings. The molecule has 0 fully saturated rings. The summed E-state index contributed by atoms with van der Waals surface area (Å²) in [5.41, 5.74) is 6.33. The fraction of sp³-hybridized carbons (Fsp3) is 0.0952. The zero-order valence-corrected chi connectivity index (χ0v) is 17.5. The molecule has 0 saturated heterocycles. The normalized spacial score (nSPS) is 10.8. The molecular formula is C21H17N3OS3. The molecule has 0 aliphatic heterocycles. The number of carbonyl (C=O) groups is 1. The van der Waals surface area contributed by atoms with Gasteiger partial charge >= 0.3 is 0 Å². The lowest BCUT2D eigenvalue weighted by Gasteiger charge is -2.07. The third-order valence-corrected chi connectivity index (χ3v) is 6.50. The molecule has 1 N–H and O–H groups in total. The number of hydrogen-bond donors (Lipinski definition) is 1. The second-order valence-electron chi connectivity index (χ2n) is 6.08. The number of thiazole rings is 2. The number of hydrogen-bond acceptors (Lipinski definition) is 6. The summed E-state index contributed by atoms with van der Waals surface area (Å²) in [5, 5.41) is 8.08. The van der Waals surface area contributed by atoms with Crippen molar-refractivity contribution in [2.45, 2.75) is 17.6 Å². The molecule has 7 heteroatoms. The van der Waals surface area contributed by atoms with Gasteiger partial charge in [-0.25, -0.2) is 9.97 Å². The summed E-state index contributed by atoms with van der Waals surface area (Å²) in [4.78, 5) is 22.4. The van der Waals surface area contributed by atoms with Gasteiger partial charge in [-0.15, -0.1) is 34.4 Å². The molecular weight excluding hydrogens is 406 g/mol. The quantitative estimate of drug-likeness (QED) is 0.380. The van der Waals surface area contributed by atoms with Crippen molar-refractivity contribution in [1.82, 2.24) is 9.97 Å². The maximum atomic E-state index is 12.5. The highest BCUT2D eigenvalue weighted by atomic mass is 32.2. The zero-order chi connectivity index (χ0) is 19.3. The molecule has 0 saturated carbocycles.